The van der Waals surface area contributed by atoms with Gasteiger partial charge in [0.25, 0.3) is 5.91 Å². The van der Waals surface area contributed by atoms with Crippen LogP contribution in [0.2, 0.25) is 0 Å². The lowest BCUT2D eigenvalue weighted by molar-refractivity contribution is -0.192. The standard InChI is InChI=1S/C21H19N3OS.C2HF3O2/c1-26-20-5-3-2-4-14(20)6-7-16-12-15(8-10-22-16)19-13-17-18(24-19)9-11-23-21(17)25;3-2(4,5)1(6)7/h2-8,10,12-13,24H,9,11H2,1H3,(H,23,25);(H,6,7)/b7-6+;. The third-order valence-corrected chi connectivity index (χ3v) is 5.52. The summed E-state index contributed by atoms with van der Waals surface area (Å²) in [6.45, 7) is 0.685. The summed E-state index contributed by atoms with van der Waals surface area (Å²) in [4.78, 5) is 29.9. The Morgan fingerprint density at radius 1 is 1.18 bits per heavy atom. The summed E-state index contributed by atoms with van der Waals surface area (Å²) < 4.78 is 31.7. The van der Waals surface area contributed by atoms with Crippen LogP contribution in [0.1, 0.15) is 27.3 Å². The number of carboxylic acids is 1. The molecule has 3 N–H and O–H groups in total. The molecule has 0 bridgehead atoms. The zero-order valence-electron chi connectivity index (χ0n) is 17.4. The Bertz CT molecular complexity index is 1190. The summed E-state index contributed by atoms with van der Waals surface area (Å²) in [6.07, 6.45) is 3.74. The number of fused-ring (bicyclic) bond motifs is 1. The minimum absolute atomic E-state index is 0.00315. The number of aliphatic carboxylic acids is 1. The molecule has 0 radical (unpaired) electrons. The molecule has 0 atom stereocenters. The lowest BCUT2D eigenvalue weighted by Crippen LogP contribution is -2.31. The highest BCUT2D eigenvalue weighted by molar-refractivity contribution is 7.98. The number of halogens is 3. The highest BCUT2D eigenvalue weighted by Crippen LogP contribution is 2.25. The smallest absolute Gasteiger partial charge is 0.475 e. The molecule has 0 saturated carbocycles. The van der Waals surface area contributed by atoms with E-state index < -0.39 is 12.1 Å². The first-order chi connectivity index (χ1) is 15.7. The van der Waals surface area contributed by atoms with Gasteiger partial charge >= 0.3 is 12.1 Å². The van der Waals surface area contributed by atoms with Crippen LogP contribution in [0, 0.1) is 0 Å². The van der Waals surface area contributed by atoms with Crippen molar-refractivity contribution < 1.29 is 27.9 Å². The molecule has 0 unspecified atom stereocenters. The lowest BCUT2D eigenvalue weighted by atomic mass is 10.1. The monoisotopic (exact) mass is 475 g/mol. The van der Waals surface area contributed by atoms with E-state index in [9.17, 15) is 18.0 Å². The second-order valence-corrected chi connectivity index (χ2v) is 7.78. The molecule has 4 rings (SSSR count). The highest BCUT2D eigenvalue weighted by atomic mass is 32.2. The predicted octanol–water partition coefficient (Wildman–Crippen LogP) is 4.89. The van der Waals surface area contributed by atoms with E-state index in [2.05, 4.69) is 39.7 Å². The van der Waals surface area contributed by atoms with Crippen LogP contribution in [0.3, 0.4) is 0 Å². The number of aromatic amines is 1. The summed E-state index contributed by atoms with van der Waals surface area (Å²) in [5.41, 5.74) is 5.80. The Labute approximate surface area is 191 Å². The molecule has 1 aromatic carbocycles. The number of carbonyl (C=O) groups excluding carboxylic acids is 1. The number of benzene rings is 1. The van der Waals surface area contributed by atoms with Crippen molar-refractivity contribution in [2.75, 3.05) is 12.8 Å². The molecule has 3 heterocycles. The largest absolute Gasteiger partial charge is 0.490 e. The molecular formula is C23H20F3N3O3S. The average molecular weight is 475 g/mol. The van der Waals surface area contributed by atoms with Crippen LogP contribution in [0.4, 0.5) is 13.2 Å². The molecule has 3 aromatic rings. The molecule has 33 heavy (non-hydrogen) atoms. The minimum atomic E-state index is -5.08. The molecule has 0 aliphatic carbocycles. The molecule has 10 heteroatoms. The van der Waals surface area contributed by atoms with Crippen molar-refractivity contribution in [2.45, 2.75) is 17.5 Å². The van der Waals surface area contributed by atoms with E-state index >= 15 is 0 Å². The fourth-order valence-electron chi connectivity index (χ4n) is 3.14. The molecule has 6 nitrogen and oxygen atoms in total. The van der Waals surface area contributed by atoms with Crippen LogP contribution in [0.25, 0.3) is 23.4 Å². The van der Waals surface area contributed by atoms with Crippen molar-refractivity contribution in [1.29, 1.82) is 0 Å². The van der Waals surface area contributed by atoms with E-state index in [1.54, 1.807) is 18.0 Å². The zero-order chi connectivity index (χ0) is 24.0. The number of nitrogens with zero attached hydrogens (tertiary/aromatic N) is 1. The van der Waals surface area contributed by atoms with Crippen molar-refractivity contribution in [3.63, 3.8) is 0 Å². The van der Waals surface area contributed by atoms with E-state index in [-0.39, 0.29) is 5.91 Å². The van der Waals surface area contributed by atoms with Crippen LogP contribution in [0.15, 0.2) is 53.6 Å². The number of H-pyrrole nitrogens is 1. The normalized spacial score (nSPS) is 13.2. The second-order valence-electron chi connectivity index (χ2n) is 6.93. The number of carboxylic acid groups (broad SMARTS) is 1. The number of thioether (sulfide) groups is 1. The van der Waals surface area contributed by atoms with Crippen molar-refractivity contribution in [2.24, 2.45) is 0 Å². The van der Waals surface area contributed by atoms with E-state index in [4.69, 9.17) is 9.90 Å². The third kappa shape index (κ3) is 6.26. The average Bonchev–Trinajstić information content (AvgIpc) is 3.24. The van der Waals surface area contributed by atoms with Gasteiger partial charge in [-0.3, -0.25) is 9.78 Å². The Morgan fingerprint density at radius 3 is 2.58 bits per heavy atom. The molecule has 2 aromatic heterocycles. The fraction of sp³-hybridized carbons (Fsp3) is 0.174. The van der Waals surface area contributed by atoms with Crippen LogP contribution in [-0.4, -0.2) is 45.9 Å². The van der Waals surface area contributed by atoms with Crippen molar-refractivity contribution in [3.05, 3.63) is 71.2 Å². The maximum atomic E-state index is 12.0. The molecular weight excluding hydrogens is 455 g/mol. The summed E-state index contributed by atoms with van der Waals surface area (Å²) in [6, 6.07) is 14.2. The Balaban J connectivity index is 0.000000383. The summed E-state index contributed by atoms with van der Waals surface area (Å²) in [5, 5.41) is 10.0. The molecule has 1 aliphatic rings. The van der Waals surface area contributed by atoms with Crippen LogP contribution in [0.5, 0.6) is 0 Å². The first kappa shape index (κ1) is 24.1. The van der Waals surface area contributed by atoms with Crippen molar-refractivity contribution in [1.82, 2.24) is 15.3 Å². The van der Waals surface area contributed by atoms with Gasteiger partial charge in [0.15, 0.2) is 0 Å². The second kappa shape index (κ2) is 10.4. The molecule has 0 saturated heterocycles. The van der Waals surface area contributed by atoms with Crippen LogP contribution < -0.4 is 5.32 Å². The number of amides is 1. The van der Waals surface area contributed by atoms with E-state index in [1.807, 2.05) is 36.4 Å². The quantitative estimate of drug-likeness (QED) is 0.467. The first-order valence-electron chi connectivity index (χ1n) is 9.76. The maximum absolute atomic E-state index is 12.0. The molecule has 1 amide bonds. The fourth-order valence-corrected chi connectivity index (χ4v) is 3.72. The van der Waals surface area contributed by atoms with Gasteiger partial charge < -0.3 is 15.4 Å². The molecule has 172 valence electrons. The van der Waals surface area contributed by atoms with Crippen LogP contribution >= 0.6 is 11.8 Å². The number of hydrogen-bond acceptors (Lipinski definition) is 4. The van der Waals surface area contributed by atoms with Gasteiger partial charge in [-0.2, -0.15) is 13.2 Å². The number of pyridine rings is 1. The van der Waals surface area contributed by atoms with E-state index in [0.29, 0.717) is 6.54 Å². The summed E-state index contributed by atoms with van der Waals surface area (Å²) in [5.74, 6) is -2.76. The highest BCUT2D eigenvalue weighted by Gasteiger charge is 2.38. The van der Waals surface area contributed by atoms with Gasteiger partial charge in [0, 0.05) is 41.0 Å². The van der Waals surface area contributed by atoms with Gasteiger partial charge in [-0.25, -0.2) is 4.79 Å². The Morgan fingerprint density at radius 2 is 1.91 bits per heavy atom. The SMILES string of the molecule is CSc1ccccc1/C=C/c1cc(-c2cc3c([nH]2)CCNC3=O)ccn1.O=C(O)C(F)(F)F. The van der Waals surface area contributed by atoms with Gasteiger partial charge in [-0.1, -0.05) is 24.3 Å². The summed E-state index contributed by atoms with van der Waals surface area (Å²) >= 11 is 1.73. The topological polar surface area (TPSA) is 95.1 Å². The predicted molar refractivity (Wildman–Crippen MR) is 121 cm³/mol. The lowest BCUT2D eigenvalue weighted by Gasteiger charge is -2.10. The Kier molecular flexibility index (Phi) is 7.59. The number of alkyl halides is 3. The van der Waals surface area contributed by atoms with E-state index in [1.165, 1.54) is 10.5 Å². The number of carbonyl (C=O) groups is 2. The molecule has 0 spiro atoms. The van der Waals surface area contributed by atoms with Crippen LogP contribution in [-0.2, 0) is 11.2 Å². The van der Waals surface area contributed by atoms with Gasteiger partial charge in [-0.05, 0) is 42.2 Å². The Hall–Kier alpha value is -3.53. The number of aromatic nitrogens is 2. The van der Waals surface area contributed by atoms with Crippen molar-refractivity contribution >= 4 is 35.8 Å². The summed E-state index contributed by atoms with van der Waals surface area (Å²) in [7, 11) is 0. The zero-order valence-corrected chi connectivity index (χ0v) is 18.3. The van der Waals surface area contributed by atoms with Gasteiger partial charge in [0.05, 0.1) is 11.3 Å². The first-order valence-corrected chi connectivity index (χ1v) is 11.0. The van der Waals surface area contributed by atoms with E-state index in [0.717, 1.165) is 34.6 Å². The maximum Gasteiger partial charge on any atom is 0.490 e. The van der Waals surface area contributed by atoms with Gasteiger partial charge in [-0.15, -0.1) is 11.8 Å². The molecule has 0 fully saturated rings. The number of nitrogens with one attached hydrogen (secondary N) is 2. The van der Waals surface area contributed by atoms with Gasteiger partial charge in [0.2, 0.25) is 0 Å². The van der Waals surface area contributed by atoms with Crippen molar-refractivity contribution in [3.8, 4) is 11.3 Å². The molecule has 1 aliphatic heterocycles. The third-order valence-electron chi connectivity index (χ3n) is 4.71. The minimum Gasteiger partial charge on any atom is -0.475 e. The number of rotatable bonds is 4. The number of hydrogen-bond donors (Lipinski definition) is 3. The van der Waals surface area contributed by atoms with Gasteiger partial charge in [0.1, 0.15) is 0 Å².